The van der Waals surface area contributed by atoms with Crippen molar-refractivity contribution in [3.8, 4) is 0 Å². The second-order valence-corrected chi connectivity index (χ2v) is 3.01. The Hall–Kier alpha value is -0.890. The molecule has 0 saturated carbocycles. The smallest absolute Gasteiger partial charge is 0.0351 e. The molecule has 2 heteroatoms. The Morgan fingerprint density at radius 3 is 3.00 bits per heavy atom. The van der Waals surface area contributed by atoms with Crippen LogP contribution in [-0.4, -0.2) is 6.21 Å². The number of hydrogen-bond donors (Lipinski definition) is 0. The van der Waals surface area contributed by atoms with Gasteiger partial charge in [0.25, 0.3) is 0 Å². The highest BCUT2D eigenvalue weighted by molar-refractivity contribution is 7.10. The first-order chi connectivity index (χ1) is 4.84. The van der Waals surface area contributed by atoms with E-state index in [9.17, 15) is 0 Å². The summed E-state index contributed by atoms with van der Waals surface area (Å²) >= 11 is 1.73. The van der Waals surface area contributed by atoms with Crippen LogP contribution in [0, 0.1) is 6.92 Å². The van der Waals surface area contributed by atoms with Gasteiger partial charge >= 0.3 is 0 Å². The Bertz CT molecular complexity index is 248. The molecule has 0 atom stereocenters. The molecule has 1 rings (SSSR count). The van der Waals surface area contributed by atoms with E-state index in [-0.39, 0.29) is 0 Å². The highest BCUT2D eigenvalue weighted by Gasteiger charge is 1.92. The summed E-state index contributed by atoms with van der Waals surface area (Å²) in [5.74, 6) is 0. The lowest BCUT2D eigenvalue weighted by Gasteiger charge is -1.84. The van der Waals surface area contributed by atoms with Gasteiger partial charge in [-0.15, -0.1) is 11.3 Å². The summed E-state index contributed by atoms with van der Waals surface area (Å²) in [4.78, 5) is 5.22. The standard InChI is InChI=1S/C8H9NS/c1-3-9-6-8-4-5-10-7(8)2/h3-6H,1H2,2H3. The maximum Gasteiger partial charge on any atom is 0.0351 e. The number of hydrogen-bond acceptors (Lipinski definition) is 2. The second kappa shape index (κ2) is 3.32. The fourth-order valence-electron chi connectivity index (χ4n) is 0.662. The summed E-state index contributed by atoms with van der Waals surface area (Å²) in [5.41, 5.74) is 1.19. The maximum atomic E-state index is 3.92. The number of aliphatic imine (C=N–C) groups is 1. The average Bonchev–Trinajstić information content (AvgIpc) is 2.31. The van der Waals surface area contributed by atoms with Crippen LogP contribution >= 0.6 is 11.3 Å². The van der Waals surface area contributed by atoms with E-state index in [0.717, 1.165) is 0 Å². The van der Waals surface area contributed by atoms with Gasteiger partial charge in [-0.25, -0.2) is 0 Å². The summed E-state index contributed by atoms with van der Waals surface area (Å²) in [5, 5.41) is 2.06. The molecule has 0 aliphatic rings. The Balaban J connectivity index is 2.83. The van der Waals surface area contributed by atoms with Crippen LogP contribution in [0.3, 0.4) is 0 Å². The molecule has 1 aromatic heterocycles. The molecular formula is C8H9NS. The van der Waals surface area contributed by atoms with Crippen LogP contribution in [0.15, 0.2) is 29.2 Å². The van der Waals surface area contributed by atoms with Gasteiger partial charge in [-0.2, -0.15) is 0 Å². The molecule has 0 unspecified atom stereocenters. The maximum absolute atomic E-state index is 3.92. The van der Waals surface area contributed by atoms with Crippen LogP contribution in [0.2, 0.25) is 0 Å². The second-order valence-electron chi connectivity index (χ2n) is 1.89. The molecule has 0 amide bonds. The first kappa shape index (κ1) is 7.22. The number of thiophene rings is 1. The third-order valence-electron chi connectivity index (χ3n) is 1.22. The van der Waals surface area contributed by atoms with E-state index in [2.05, 4.69) is 23.9 Å². The topological polar surface area (TPSA) is 12.4 Å². The number of nitrogens with zero attached hydrogens (tertiary/aromatic N) is 1. The van der Waals surface area contributed by atoms with Crippen molar-refractivity contribution < 1.29 is 0 Å². The van der Waals surface area contributed by atoms with E-state index in [1.165, 1.54) is 16.6 Å². The third-order valence-corrected chi connectivity index (χ3v) is 2.08. The summed E-state index contributed by atoms with van der Waals surface area (Å²) in [6, 6.07) is 2.05. The van der Waals surface area contributed by atoms with Crippen molar-refractivity contribution in [2.45, 2.75) is 6.92 Å². The van der Waals surface area contributed by atoms with Gasteiger partial charge in [0.1, 0.15) is 0 Å². The molecule has 1 nitrogen and oxygen atoms in total. The van der Waals surface area contributed by atoms with Crippen LogP contribution in [0.1, 0.15) is 10.4 Å². The minimum absolute atomic E-state index is 1.19. The summed E-state index contributed by atoms with van der Waals surface area (Å²) in [6.45, 7) is 5.57. The normalized spacial score (nSPS) is 10.5. The van der Waals surface area contributed by atoms with Gasteiger partial charge in [0.05, 0.1) is 0 Å². The van der Waals surface area contributed by atoms with E-state index < -0.39 is 0 Å². The minimum atomic E-state index is 1.19. The minimum Gasteiger partial charge on any atom is -0.265 e. The molecule has 52 valence electrons. The van der Waals surface area contributed by atoms with Gasteiger partial charge in [-0.3, -0.25) is 4.99 Å². The van der Waals surface area contributed by atoms with Crippen LogP contribution in [0.4, 0.5) is 0 Å². The molecule has 0 bridgehead atoms. The van der Waals surface area contributed by atoms with Gasteiger partial charge in [0.2, 0.25) is 0 Å². The summed E-state index contributed by atoms with van der Waals surface area (Å²) in [7, 11) is 0. The van der Waals surface area contributed by atoms with Crippen molar-refractivity contribution in [2.24, 2.45) is 4.99 Å². The van der Waals surface area contributed by atoms with E-state index in [1.807, 2.05) is 12.3 Å². The van der Waals surface area contributed by atoms with Crippen LogP contribution in [0.5, 0.6) is 0 Å². The lowest BCUT2D eigenvalue weighted by atomic mass is 10.3. The zero-order valence-electron chi connectivity index (χ0n) is 5.87. The van der Waals surface area contributed by atoms with E-state index >= 15 is 0 Å². The van der Waals surface area contributed by atoms with Crippen molar-refractivity contribution in [3.63, 3.8) is 0 Å². The molecule has 0 radical (unpaired) electrons. The largest absolute Gasteiger partial charge is 0.265 e. The highest BCUT2D eigenvalue weighted by Crippen LogP contribution is 2.12. The van der Waals surface area contributed by atoms with E-state index in [0.29, 0.717) is 0 Å². The van der Waals surface area contributed by atoms with Gasteiger partial charge in [0, 0.05) is 22.9 Å². The lowest BCUT2D eigenvalue weighted by molar-refractivity contribution is 1.56. The van der Waals surface area contributed by atoms with Crippen molar-refractivity contribution >= 4 is 17.6 Å². The number of aryl methyl sites for hydroxylation is 1. The molecule has 0 fully saturated rings. The van der Waals surface area contributed by atoms with E-state index in [4.69, 9.17) is 0 Å². The van der Waals surface area contributed by atoms with Gasteiger partial charge < -0.3 is 0 Å². The predicted molar refractivity (Wildman–Crippen MR) is 46.8 cm³/mol. The van der Waals surface area contributed by atoms with Gasteiger partial charge in [-0.1, -0.05) is 6.58 Å². The molecule has 0 saturated heterocycles. The zero-order valence-corrected chi connectivity index (χ0v) is 6.69. The zero-order chi connectivity index (χ0) is 7.40. The molecule has 0 aliphatic heterocycles. The van der Waals surface area contributed by atoms with Crippen molar-refractivity contribution in [2.75, 3.05) is 0 Å². The molecule has 0 spiro atoms. The Labute approximate surface area is 64.7 Å². The third kappa shape index (κ3) is 1.54. The van der Waals surface area contributed by atoms with Crippen molar-refractivity contribution in [1.82, 2.24) is 0 Å². The monoisotopic (exact) mass is 151 g/mol. The molecule has 1 aromatic rings. The molecule has 1 heterocycles. The van der Waals surface area contributed by atoms with Crippen LogP contribution < -0.4 is 0 Å². The fourth-order valence-corrected chi connectivity index (χ4v) is 1.34. The average molecular weight is 151 g/mol. The van der Waals surface area contributed by atoms with E-state index in [1.54, 1.807) is 11.3 Å². The molecule has 0 aliphatic carbocycles. The summed E-state index contributed by atoms with van der Waals surface area (Å²) < 4.78 is 0. The van der Waals surface area contributed by atoms with Crippen LogP contribution in [-0.2, 0) is 0 Å². The first-order valence-electron chi connectivity index (χ1n) is 3.03. The molecule has 10 heavy (non-hydrogen) atoms. The molecular weight excluding hydrogens is 142 g/mol. The Morgan fingerprint density at radius 2 is 2.50 bits per heavy atom. The van der Waals surface area contributed by atoms with Gasteiger partial charge in [0.15, 0.2) is 0 Å². The van der Waals surface area contributed by atoms with Crippen molar-refractivity contribution in [3.05, 3.63) is 34.7 Å². The van der Waals surface area contributed by atoms with Crippen LogP contribution in [0.25, 0.3) is 0 Å². The Kier molecular flexibility index (Phi) is 2.40. The quantitative estimate of drug-likeness (QED) is 0.576. The fraction of sp³-hybridized carbons (Fsp3) is 0.125. The Morgan fingerprint density at radius 1 is 1.70 bits per heavy atom. The molecule has 0 N–H and O–H groups in total. The van der Waals surface area contributed by atoms with Gasteiger partial charge in [-0.05, 0) is 18.4 Å². The lowest BCUT2D eigenvalue weighted by Crippen LogP contribution is -1.76. The highest BCUT2D eigenvalue weighted by atomic mass is 32.1. The SMILES string of the molecule is C=CN=Cc1ccsc1C. The summed E-state index contributed by atoms with van der Waals surface area (Å²) in [6.07, 6.45) is 3.36. The first-order valence-corrected chi connectivity index (χ1v) is 3.90. The molecule has 0 aromatic carbocycles. The van der Waals surface area contributed by atoms with Crippen molar-refractivity contribution in [1.29, 1.82) is 0 Å². The predicted octanol–water partition coefficient (Wildman–Crippen LogP) is 2.62. The number of rotatable bonds is 2.